The van der Waals surface area contributed by atoms with Crippen LogP contribution in [0.25, 0.3) is 0 Å². The Hall–Kier alpha value is -1.30. The predicted molar refractivity (Wildman–Crippen MR) is 72.6 cm³/mol. The molecule has 1 unspecified atom stereocenters. The number of nitrogens with zero attached hydrogens (tertiary/aromatic N) is 2. The molecule has 0 aliphatic heterocycles. The third-order valence-electron chi connectivity index (χ3n) is 3.51. The highest BCUT2D eigenvalue weighted by molar-refractivity contribution is 6.06. The topological polar surface area (TPSA) is 91.0 Å². The summed E-state index contributed by atoms with van der Waals surface area (Å²) >= 11 is 0. The summed E-state index contributed by atoms with van der Waals surface area (Å²) < 4.78 is 0. The molecule has 18 heavy (non-hydrogen) atoms. The van der Waals surface area contributed by atoms with Crippen LogP contribution in [0, 0.1) is 5.41 Å². The molecule has 6 nitrogen and oxygen atoms in total. The highest BCUT2D eigenvalue weighted by Crippen LogP contribution is 2.21. The molecule has 0 spiro atoms. The lowest BCUT2D eigenvalue weighted by Gasteiger charge is -2.26. The van der Waals surface area contributed by atoms with Crippen LogP contribution < -0.4 is 11.1 Å². The molecule has 0 aromatic carbocycles. The van der Waals surface area contributed by atoms with Crippen LogP contribution in [0.15, 0.2) is 5.16 Å². The lowest BCUT2D eigenvalue weighted by Crippen LogP contribution is -2.49. The monoisotopic (exact) mass is 258 g/mol. The van der Waals surface area contributed by atoms with E-state index >= 15 is 0 Å². The Labute approximate surface area is 109 Å². The van der Waals surface area contributed by atoms with Gasteiger partial charge in [-0.05, 0) is 34.2 Å². The minimum atomic E-state index is -0.953. The number of amidine groups is 1. The standard InChI is InChI=1S/C12H26N4O2/c1-6-12(4,10(13)15-18)11(17)14-7-8-16(5)9(2)3/h9,18H,6-8H2,1-5H3,(H2,13,15)(H,14,17). The van der Waals surface area contributed by atoms with E-state index in [-0.39, 0.29) is 11.7 Å². The summed E-state index contributed by atoms with van der Waals surface area (Å²) in [6.07, 6.45) is 0.481. The largest absolute Gasteiger partial charge is 0.409 e. The SMILES string of the molecule is CCC(C)(C(=O)NCCN(C)C(C)C)C(N)=NO. The summed E-state index contributed by atoms with van der Waals surface area (Å²) in [7, 11) is 2.00. The highest BCUT2D eigenvalue weighted by Gasteiger charge is 2.36. The van der Waals surface area contributed by atoms with E-state index in [0.717, 1.165) is 6.54 Å². The third-order valence-corrected chi connectivity index (χ3v) is 3.51. The second kappa shape index (κ2) is 7.20. The number of hydrogen-bond acceptors (Lipinski definition) is 4. The second-order valence-electron chi connectivity index (χ2n) is 5.00. The first-order valence-corrected chi connectivity index (χ1v) is 6.26. The zero-order valence-electron chi connectivity index (χ0n) is 12.0. The molecular weight excluding hydrogens is 232 g/mol. The number of carbonyl (C=O) groups is 1. The number of nitrogens with two attached hydrogens (primary N) is 1. The minimum Gasteiger partial charge on any atom is -0.409 e. The normalized spacial score (nSPS) is 15.8. The van der Waals surface area contributed by atoms with Crippen LogP contribution in [0.3, 0.4) is 0 Å². The summed E-state index contributed by atoms with van der Waals surface area (Å²) in [5, 5.41) is 14.5. The molecule has 6 heteroatoms. The molecule has 0 radical (unpaired) electrons. The molecule has 0 aliphatic rings. The number of hydrogen-bond donors (Lipinski definition) is 3. The van der Waals surface area contributed by atoms with Crippen molar-refractivity contribution < 1.29 is 10.0 Å². The molecule has 1 atom stereocenters. The Morgan fingerprint density at radius 3 is 2.50 bits per heavy atom. The quantitative estimate of drug-likeness (QED) is 0.270. The van der Waals surface area contributed by atoms with E-state index in [9.17, 15) is 4.79 Å². The van der Waals surface area contributed by atoms with E-state index in [1.807, 2.05) is 14.0 Å². The number of oxime groups is 1. The van der Waals surface area contributed by atoms with Gasteiger partial charge in [0.25, 0.3) is 0 Å². The van der Waals surface area contributed by atoms with Crippen LogP contribution in [0.4, 0.5) is 0 Å². The van der Waals surface area contributed by atoms with Gasteiger partial charge >= 0.3 is 0 Å². The summed E-state index contributed by atoms with van der Waals surface area (Å²) in [5.74, 6) is -0.267. The summed E-state index contributed by atoms with van der Waals surface area (Å²) in [6.45, 7) is 8.99. The van der Waals surface area contributed by atoms with E-state index in [1.54, 1.807) is 6.92 Å². The molecule has 0 heterocycles. The van der Waals surface area contributed by atoms with Crippen LogP contribution in [-0.2, 0) is 4.79 Å². The molecule has 0 fully saturated rings. The number of carbonyl (C=O) groups excluding carboxylic acids is 1. The summed E-state index contributed by atoms with van der Waals surface area (Å²) in [4.78, 5) is 14.2. The minimum absolute atomic E-state index is 0.0558. The number of rotatable bonds is 7. The van der Waals surface area contributed by atoms with E-state index in [0.29, 0.717) is 19.0 Å². The zero-order chi connectivity index (χ0) is 14.3. The molecule has 0 aromatic heterocycles. The van der Waals surface area contributed by atoms with Crippen molar-refractivity contribution in [2.45, 2.75) is 40.2 Å². The van der Waals surface area contributed by atoms with Gasteiger partial charge in [-0.3, -0.25) is 4.79 Å². The van der Waals surface area contributed by atoms with Crippen molar-refractivity contribution in [1.82, 2.24) is 10.2 Å². The molecule has 4 N–H and O–H groups in total. The maximum Gasteiger partial charge on any atom is 0.233 e. The molecular formula is C12H26N4O2. The van der Waals surface area contributed by atoms with Crippen molar-refractivity contribution in [3.05, 3.63) is 0 Å². The number of amides is 1. The van der Waals surface area contributed by atoms with Gasteiger partial charge in [-0.2, -0.15) is 0 Å². The van der Waals surface area contributed by atoms with Gasteiger partial charge in [0.15, 0.2) is 5.84 Å². The lowest BCUT2D eigenvalue weighted by molar-refractivity contribution is -0.127. The van der Waals surface area contributed by atoms with Gasteiger partial charge in [-0.1, -0.05) is 12.1 Å². The average molecular weight is 258 g/mol. The van der Waals surface area contributed by atoms with Gasteiger partial charge in [0.05, 0.1) is 0 Å². The van der Waals surface area contributed by atoms with Crippen LogP contribution in [0.5, 0.6) is 0 Å². The molecule has 0 bridgehead atoms. The van der Waals surface area contributed by atoms with Crippen LogP contribution in [-0.4, -0.2) is 48.0 Å². The fourth-order valence-electron chi connectivity index (χ4n) is 1.37. The fourth-order valence-corrected chi connectivity index (χ4v) is 1.37. The van der Waals surface area contributed by atoms with Crippen LogP contribution >= 0.6 is 0 Å². The molecule has 1 amide bonds. The fraction of sp³-hybridized carbons (Fsp3) is 0.833. The molecule has 0 aromatic rings. The van der Waals surface area contributed by atoms with Gasteiger partial charge in [0.2, 0.25) is 5.91 Å². The first-order chi connectivity index (χ1) is 8.29. The van der Waals surface area contributed by atoms with Crippen LogP contribution in [0.1, 0.15) is 34.1 Å². The van der Waals surface area contributed by atoms with Crippen molar-refractivity contribution in [1.29, 1.82) is 0 Å². The number of nitrogens with one attached hydrogen (secondary N) is 1. The van der Waals surface area contributed by atoms with Crippen molar-refractivity contribution in [2.24, 2.45) is 16.3 Å². The van der Waals surface area contributed by atoms with Crippen molar-refractivity contribution in [3.8, 4) is 0 Å². The van der Waals surface area contributed by atoms with Gasteiger partial charge in [0.1, 0.15) is 5.41 Å². The van der Waals surface area contributed by atoms with Crippen molar-refractivity contribution >= 4 is 11.7 Å². The Kier molecular flexibility index (Phi) is 6.68. The Morgan fingerprint density at radius 1 is 1.56 bits per heavy atom. The molecule has 0 saturated heterocycles. The smallest absolute Gasteiger partial charge is 0.233 e. The van der Waals surface area contributed by atoms with Crippen molar-refractivity contribution in [3.63, 3.8) is 0 Å². The van der Waals surface area contributed by atoms with Crippen LogP contribution in [0.2, 0.25) is 0 Å². The Balaban J connectivity index is 4.39. The summed E-state index contributed by atoms with van der Waals surface area (Å²) in [6, 6.07) is 0.434. The molecule has 106 valence electrons. The van der Waals surface area contributed by atoms with Gasteiger partial charge in [-0.25, -0.2) is 0 Å². The van der Waals surface area contributed by atoms with Crippen molar-refractivity contribution in [2.75, 3.05) is 20.1 Å². The number of likely N-dealkylation sites (N-methyl/N-ethyl adjacent to an activating group) is 1. The maximum atomic E-state index is 12.0. The van der Waals surface area contributed by atoms with E-state index in [4.69, 9.17) is 10.9 Å². The Bertz CT molecular complexity index is 304. The third kappa shape index (κ3) is 4.18. The summed E-state index contributed by atoms with van der Waals surface area (Å²) in [5.41, 5.74) is 4.62. The van der Waals surface area contributed by atoms with E-state index in [1.165, 1.54) is 0 Å². The van der Waals surface area contributed by atoms with E-state index < -0.39 is 5.41 Å². The van der Waals surface area contributed by atoms with Gasteiger partial charge in [0, 0.05) is 19.1 Å². The molecule has 0 aliphatic carbocycles. The first-order valence-electron chi connectivity index (χ1n) is 6.26. The zero-order valence-corrected chi connectivity index (χ0v) is 12.0. The van der Waals surface area contributed by atoms with Gasteiger partial charge in [-0.15, -0.1) is 0 Å². The molecule has 0 saturated carbocycles. The first kappa shape index (κ1) is 16.7. The lowest BCUT2D eigenvalue weighted by atomic mass is 9.85. The highest BCUT2D eigenvalue weighted by atomic mass is 16.4. The van der Waals surface area contributed by atoms with E-state index in [2.05, 4.69) is 29.2 Å². The molecule has 0 rings (SSSR count). The Morgan fingerprint density at radius 2 is 2.11 bits per heavy atom. The average Bonchev–Trinajstić information content (AvgIpc) is 2.35. The predicted octanol–water partition coefficient (Wildman–Crippen LogP) is 0.606. The second-order valence-corrected chi connectivity index (χ2v) is 5.00. The van der Waals surface area contributed by atoms with Gasteiger partial charge < -0.3 is 21.2 Å². The maximum absolute atomic E-state index is 12.0.